The largest absolute Gasteiger partial charge is 0.491 e. The van der Waals surface area contributed by atoms with Gasteiger partial charge in [0.05, 0.1) is 12.3 Å². The van der Waals surface area contributed by atoms with Gasteiger partial charge in [0, 0.05) is 6.42 Å². The summed E-state index contributed by atoms with van der Waals surface area (Å²) in [4.78, 5) is 12.0. The van der Waals surface area contributed by atoms with E-state index >= 15 is 0 Å². The van der Waals surface area contributed by atoms with Crippen molar-refractivity contribution in [2.24, 2.45) is 5.92 Å². The van der Waals surface area contributed by atoms with Crippen LogP contribution in [0.2, 0.25) is 0 Å². The molecule has 1 N–H and O–H groups in total. The first-order valence-corrected chi connectivity index (χ1v) is 7.63. The number of aryl methyl sites for hydroxylation is 1. The fourth-order valence-corrected chi connectivity index (χ4v) is 2.10. The molecule has 0 spiro atoms. The summed E-state index contributed by atoms with van der Waals surface area (Å²) in [5, 5.41) is 2.99. The lowest BCUT2D eigenvalue weighted by atomic mass is 10.1. The van der Waals surface area contributed by atoms with Crippen molar-refractivity contribution < 1.29 is 9.53 Å². The van der Waals surface area contributed by atoms with Crippen molar-refractivity contribution in [3.63, 3.8) is 0 Å². The van der Waals surface area contributed by atoms with Crippen molar-refractivity contribution in [1.29, 1.82) is 0 Å². The van der Waals surface area contributed by atoms with Gasteiger partial charge in [-0.3, -0.25) is 4.79 Å². The number of para-hydroxylation sites is 1. The van der Waals surface area contributed by atoms with E-state index in [1.165, 1.54) is 5.56 Å². The first-order valence-electron chi connectivity index (χ1n) is 7.63. The fraction of sp³-hybridized carbons (Fsp3) is 0.588. The highest BCUT2D eigenvalue weighted by Gasteiger charge is 2.12. The summed E-state index contributed by atoms with van der Waals surface area (Å²) in [5.74, 6) is 1.25. The summed E-state index contributed by atoms with van der Waals surface area (Å²) in [5.41, 5.74) is 1.97. The maximum absolute atomic E-state index is 12.0. The van der Waals surface area contributed by atoms with Gasteiger partial charge in [0.25, 0.3) is 0 Å². The number of ether oxygens (including phenoxy) is 1. The van der Waals surface area contributed by atoms with Gasteiger partial charge in [-0.25, -0.2) is 0 Å². The van der Waals surface area contributed by atoms with Gasteiger partial charge in [0.2, 0.25) is 5.91 Å². The molecule has 3 nitrogen and oxygen atoms in total. The molecule has 1 rings (SSSR count). The Morgan fingerprint density at radius 2 is 2.00 bits per heavy atom. The number of amides is 1. The maximum Gasteiger partial charge on any atom is 0.224 e. The van der Waals surface area contributed by atoms with Gasteiger partial charge >= 0.3 is 0 Å². The summed E-state index contributed by atoms with van der Waals surface area (Å²) >= 11 is 0. The van der Waals surface area contributed by atoms with Crippen molar-refractivity contribution in [3.05, 3.63) is 23.8 Å². The minimum Gasteiger partial charge on any atom is -0.491 e. The average Bonchev–Trinajstić information content (AvgIpc) is 2.37. The van der Waals surface area contributed by atoms with Gasteiger partial charge < -0.3 is 10.1 Å². The van der Waals surface area contributed by atoms with Crippen LogP contribution < -0.4 is 10.1 Å². The summed E-state index contributed by atoms with van der Waals surface area (Å²) < 4.78 is 5.86. The average molecular weight is 277 g/mol. The van der Waals surface area contributed by atoms with Gasteiger partial charge in [-0.15, -0.1) is 0 Å². The van der Waals surface area contributed by atoms with Crippen LogP contribution >= 0.6 is 0 Å². The lowest BCUT2D eigenvalue weighted by molar-refractivity contribution is -0.116. The van der Waals surface area contributed by atoms with E-state index in [2.05, 4.69) is 25.2 Å². The molecule has 0 aliphatic heterocycles. The zero-order valence-electron chi connectivity index (χ0n) is 13.2. The number of hydrogen-bond donors (Lipinski definition) is 1. The maximum atomic E-state index is 12.0. The van der Waals surface area contributed by atoms with E-state index in [9.17, 15) is 4.79 Å². The Morgan fingerprint density at radius 3 is 2.60 bits per heavy atom. The van der Waals surface area contributed by atoms with Crippen molar-refractivity contribution in [3.8, 4) is 5.75 Å². The van der Waals surface area contributed by atoms with Crippen molar-refractivity contribution in [2.75, 3.05) is 11.9 Å². The second-order valence-electron chi connectivity index (χ2n) is 5.54. The number of carbonyl (C=O) groups is 1. The number of anilines is 1. The van der Waals surface area contributed by atoms with Crippen LogP contribution in [0.15, 0.2) is 18.2 Å². The third-order valence-electron chi connectivity index (χ3n) is 2.93. The Hall–Kier alpha value is -1.51. The Morgan fingerprint density at radius 1 is 1.25 bits per heavy atom. The Labute approximate surface area is 122 Å². The Bertz CT molecular complexity index is 427. The number of hydrogen-bond acceptors (Lipinski definition) is 2. The molecule has 0 fully saturated rings. The van der Waals surface area contributed by atoms with Crippen LogP contribution in [0.4, 0.5) is 5.69 Å². The number of rotatable bonds is 8. The van der Waals surface area contributed by atoms with E-state index in [0.29, 0.717) is 18.9 Å². The van der Waals surface area contributed by atoms with Crippen LogP contribution in [-0.4, -0.2) is 12.5 Å². The predicted octanol–water partition coefficient (Wildman–Crippen LogP) is 4.41. The molecule has 0 radical (unpaired) electrons. The molecular weight excluding hydrogens is 250 g/mol. The van der Waals surface area contributed by atoms with E-state index in [1.807, 2.05) is 26.0 Å². The van der Waals surface area contributed by atoms with Crippen LogP contribution in [0, 0.1) is 5.92 Å². The molecule has 0 atom stereocenters. The zero-order valence-corrected chi connectivity index (χ0v) is 13.2. The SMILES string of the molecule is CCCOc1c(CCC)cccc1NC(=O)CC(C)C. The molecule has 1 aromatic rings. The number of carbonyl (C=O) groups excluding carboxylic acids is 1. The van der Waals surface area contributed by atoms with Crippen LogP contribution in [0.25, 0.3) is 0 Å². The molecular formula is C17H27NO2. The summed E-state index contributed by atoms with van der Waals surface area (Å²) in [6.45, 7) is 8.99. The summed E-state index contributed by atoms with van der Waals surface area (Å²) in [6.07, 6.45) is 3.52. The van der Waals surface area contributed by atoms with Crippen molar-refractivity contribution in [2.45, 2.75) is 53.4 Å². The lowest BCUT2D eigenvalue weighted by Crippen LogP contribution is -2.15. The molecule has 0 aromatic heterocycles. The number of nitrogens with one attached hydrogen (secondary N) is 1. The topological polar surface area (TPSA) is 38.3 Å². The highest BCUT2D eigenvalue weighted by molar-refractivity contribution is 5.92. The summed E-state index contributed by atoms with van der Waals surface area (Å²) in [6, 6.07) is 5.98. The molecule has 0 bridgehead atoms. The summed E-state index contributed by atoms with van der Waals surface area (Å²) in [7, 11) is 0. The third kappa shape index (κ3) is 5.24. The first-order chi connectivity index (χ1) is 9.58. The highest BCUT2D eigenvalue weighted by atomic mass is 16.5. The van der Waals surface area contributed by atoms with E-state index < -0.39 is 0 Å². The van der Waals surface area contributed by atoms with Gasteiger partial charge in [0.1, 0.15) is 5.75 Å². The molecule has 0 aliphatic rings. The Balaban J connectivity index is 2.92. The normalized spacial score (nSPS) is 10.7. The monoisotopic (exact) mass is 277 g/mol. The fourth-order valence-electron chi connectivity index (χ4n) is 2.10. The zero-order chi connectivity index (χ0) is 15.0. The molecule has 3 heteroatoms. The van der Waals surface area contributed by atoms with Crippen LogP contribution in [0.5, 0.6) is 5.75 Å². The van der Waals surface area contributed by atoms with Gasteiger partial charge in [-0.05, 0) is 30.4 Å². The van der Waals surface area contributed by atoms with E-state index in [4.69, 9.17) is 4.74 Å². The molecule has 20 heavy (non-hydrogen) atoms. The van der Waals surface area contributed by atoms with Crippen LogP contribution in [-0.2, 0) is 11.2 Å². The van der Waals surface area contributed by atoms with Gasteiger partial charge in [-0.2, -0.15) is 0 Å². The minimum atomic E-state index is 0.0509. The highest BCUT2D eigenvalue weighted by Crippen LogP contribution is 2.30. The molecule has 0 saturated heterocycles. The molecule has 0 unspecified atom stereocenters. The predicted molar refractivity (Wildman–Crippen MR) is 84.3 cm³/mol. The smallest absolute Gasteiger partial charge is 0.224 e. The lowest BCUT2D eigenvalue weighted by Gasteiger charge is -2.16. The van der Waals surface area contributed by atoms with Crippen LogP contribution in [0.3, 0.4) is 0 Å². The van der Waals surface area contributed by atoms with E-state index in [1.54, 1.807) is 0 Å². The van der Waals surface area contributed by atoms with Gasteiger partial charge in [0.15, 0.2) is 0 Å². The molecule has 0 aliphatic carbocycles. The molecule has 1 aromatic carbocycles. The first kappa shape index (κ1) is 16.5. The minimum absolute atomic E-state index is 0.0509. The third-order valence-corrected chi connectivity index (χ3v) is 2.93. The van der Waals surface area contributed by atoms with Crippen molar-refractivity contribution in [1.82, 2.24) is 0 Å². The number of benzene rings is 1. The molecule has 1 amide bonds. The second kappa shape index (κ2) is 8.62. The standard InChI is InChI=1S/C17H27NO2/c1-5-8-14-9-7-10-15(17(14)20-11-6-2)18-16(19)12-13(3)4/h7,9-10,13H,5-6,8,11-12H2,1-4H3,(H,18,19). The van der Waals surface area contributed by atoms with Crippen LogP contribution in [0.1, 0.15) is 52.5 Å². The van der Waals surface area contributed by atoms with E-state index in [0.717, 1.165) is 30.7 Å². The quantitative estimate of drug-likeness (QED) is 0.764. The molecule has 112 valence electrons. The molecule has 0 heterocycles. The Kier molecular flexibility index (Phi) is 7.13. The van der Waals surface area contributed by atoms with E-state index in [-0.39, 0.29) is 5.91 Å². The second-order valence-corrected chi connectivity index (χ2v) is 5.54. The molecule has 0 saturated carbocycles. The van der Waals surface area contributed by atoms with Crippen molar-refractivity contribution >= 4 is 11.6 Å². The van der Waals surface area contributed by atoms with Gasteiger partial charge in [-0.1, -0.05) is 46.2 Å².